The van der Waals surface area contributed by atoms with E-state index in [2.05, 4.69) is 20.3 Å². The second kappa shape index (κ2) is 10.9. The number of rotatable bonds is 6. The number of amides is 2. The van der Waals surface area contributed by atoms with Gasteiger partial charge < -0.3 is 25.6 Å². The molecule has 11 heteroatoms. The molecule has 38 heavy (non-hydrogen) atoms. The molecule has 2 fully saturated rings. The SMILES string of the molecule is Cn1cc(-c2cnc(N)c(C(=O)N[C@@H]3CCN(C(=O)OC4CCCN(c5ccc(C=O)cc5)C4)C3)c2)cn1. The van der Waals surface area contributed by atoms with Crippen molar-refractivity contribution in [2.75, 3.05) is 36.8 Å². The summed E-state index contributed by atoms with van der Waals surface area (Å²) in [6.45, 7) is 2.33. The molecular formula is C27H31N7O4. The summed E-state index contributed by atoms with van der Waals surface area (Å²) in [6, 6.07) is 8.89. The van der Waals surface area contributed by atoms with Gasteiger partial charge in [0, 0.05) is 67.5 Å². The van der Waals surface area contributed by atoms with Gasteiger partial charge in [0.2, 0.25) is 0 Å². The van der Waals surface area contributed by atoms with Gasteiger partial charge in [-0.3, -0.25) is 14.3 Å². The molecule has 3 N–H and O–H groups in total. The van der Waals surface area contributed by atoms with Gasteiger partial charge >= 0.3 is 6.09 Å². The number of aromatic nitrogens is 3. The van der Waals surface area contributed by atoms with Crippen LogP contribution in [-0.4, -0.2) is 76.3 Å². The van der Waals surface area contributed by atoms with Crippen LogP contribution in [0.1, 0.15) is 40.0 Å². The molecule has 1 unspecified atom stereocenters. The van der Waals surface area contributed by atoms with Crippen LogP contribution in [0.3, 0.4) is 0 Å². The topological polar surface area (TPSA) is 136 Å². The third kappa shape index (κ3) is 5.61. The van der Waals surface area contributed by atoms with Gasteiger partial charge in [-0.2, -0.15) is 5.10 Å². The Kier molecular flexibility index (Phi) is 7.25. The van der Waals surface area contributed by atoms with E-state index in [9.17, 15) is 14.4 Å². The van der Waals surface area contributed by atoms with Crippen LogP contribution in [0, 0.1) is 0 Å². The third-order valence-corrected chi connectivity index (χ3v) is 7.02. The van der Waals surface area contributed by atoms with E-state index in [1.165, 1.54) is 0 Å². The summed E-state index contributed by atoms with van der Waals surface area (Å²) in [5.41, 5.74) is 9.50. The lowest BCUT2D eigenvalue weighted by Crippen LogP contribution is -2.44. The zero-order valence-corrected chi connectivity index (χ0v) is 21.2. The molecule has 2 aromatic heterocycles. The zero-order chi connectivity index (χ0) is 26.6. The molecule has 2 aliphatic heterocycles. The second-order valence-electron chi connectivity index (χ2n) is 9.77. The average Bonchev–Trinajstić information content (AvgIpc) is 3.58. The van der Waals surface area contributed by atoms with Gasteiger partial charge in [-0.05, 0) is 49.6 Å². The molecule has 0 aliphatic carbocycles. The molecule has 0 spiro atoms. The molecular weight excluding hydrogens is 486 g/mol. The lowest BCUT2D eigenvalue weighted by molar-refractivity contribution is 0.0608. The molecule has 11 nitrogen and oxygen atoms in total. The van der Waals surface area contributed by atoms with Crippen LogP contribution in [0.2, 0.25) is 0 Å². The summed E-state index contributed by atoms with van der Waals surface area (Å²) >= 11 is 0. The van der Waals surface area contributed by atoms with Gasteiger partial charge in [-0.15, -0.1) is 0 Å². The average molecular weight is 518 g/mol. The fourth-order valence-corrected chi connectivity index (χ4v) is 4.94. The van der Waals surface area contributed by atoms with E-state index in [0.717, 1.165) is 42.5 Å². The number of hydrogen-bond acceptors (Lipinski definition) is 8. The number of carbonyl (C=O) groups is 3. The molecule has 2 atom stereocenters. The van der Waals surface area contributed by atoms with E-state index >= 15 is 0 Å². The highest BCUT2D eigenvalue weighted by atomic mass is 16.6. The van der Waals surface area contributed by atoms with Gasteiger partial charge in [-0.1, -0.05) is 0 Å². The Labute approximate surface area is 220 Å². The predicted molar refractivity (Wildman–Crippen MR) is 142 cm³/mol. The van der Waals surface area contributed by atoms with Crippen molar-refractivity contribution < 1.29 is 19.1 Å². The van der Waals surface area contributed by atoms with Crippen molar-refractivity contribution in [1.82, 2.24) is 25.0 Å². The highest BCUT2D eigenvalue weighted by Gasteiger charge is 2.32. The number of nitrogens with zero attached hydrogens (tertiary/aromatic N) is 5. The summed E-state index contributed by atoms with van der Waals surface area (Å²) in [4.78, 5) is 44.8. The molecule has 1 aromatic carbocycles. The number of carbonyl (C=O) groups excluding carboxylic acids is 3. The number of benzene rings is 1. The first-order chi connectivity index (χ1) is 18.4. The van der Waals surface area contributed by atoms with E-state index in [0.29, 0.717) is 31.6 Å². The number of hydrogen-bond donors (Lipinski definition) is 2. The Morgan fingerprint density at radius 2 is 1.92 bits per heavy atom. The number of anilines is 2. The quantitative estimate of drug-likeness (QED) is 0.476. The zero-order valence-electron chi connectivity index (χ0n) is 21.2. The lowest BCUT2D eigenvalue weighted by Gasteiger charge is -2.34. The largest absolute Gasteiger partial charge is 0.444 e. The highest BCUT2D eigenvalue weighted by Crippen LogP contribution is 2.24. The maximum absolute atomic E-state index is 13.0. The monoisotopic (exact) mass is 517 g/mol. The molecule has 3 aromatic rings. The standard InChI is InChI=1S/C27H31N7O4/c1-32-14-20(13-30-32)19-11-24(25(28)29-12-19)26(36)31-21-8-10-34(15-21)27(37)38-23-3-2-9-33(16-23)22-6-4-18(17-35)5-7-22/h4-7,11-14,17,21,23H,2-3,8-10,15-16H2,1H3,(H2,28,29)(H,31,36)/t21-,23?/m1/s1. The number of pyridine rings is 1. The first-order valence-corrected chi connectivity index (χ1v) is 12.7. The van der Waals surface area contributed by atoms with Crippen molar-refractivity contribution in [2.45, 2.75) is 31.4 Å². The summed E-state index contributed by atoms with van der Waals surface area (Å²) in [6.07, 6.45) is 7.69. The summed E-state index contributed by atoms with van der Waals surface area (Å²) < 4.78 is 7.51. The van der Waals surface area contributed by atoms with Gasteiger partial charge in [0.1, 0.15) is 18.2 Å². The number of aryl methyl sites for hydroxylation is 1. The van der Waals surface area contributed by atoms with Gasteiger partial charge in [0.25, 0.3) is 5.91 Å². The Morgan fingerprint density at radius 1 is 1.11 bits per heavy atom. The van der Waals surface area contributed by atoms with Crippen molar-refractivity contribution >= 4 is 29.8 Å². The second-order valence-corrected chi connectivity index (χ2v) is 9.77. The predicted octanol–water partition coefficient (Wildman–Crippen LogP) is 2.49. The number of piperidine rings is 1. The summed E-state index contributed by atoms with van der Waals surface area (Å²) in [7, 11) is 1.82. The minimum atomic E-state index is -0.371. The van der Waals surface area contributed by atoms with Crippen LogP contribution < -0.4 is 16.0 Å². The van der Waals surface area contributed by atoms with E-state index in [4.69, 9.17) is 10.5 Å². The van der Waals surface area contributed by atoms with Crippen LogP contribution in [-0.2, 0) is 11.8 Å². The number of aldehydes is 1. The first kappa shape index (κ1) is 25.2. The van der Waals surface area contributed by atoms with Crippen LogP contribution in [0.5, 0.6) is 0 Å². The molecule has 4 heterocycles. The number of ether oxygens (including phenoxy) is 1. The fourth-order valence-electron chi connectivity index (χ4n) is 4.94. The Bertz CT molecular complexity index is 1320. The van der Waals surface area contributed by atoms with Crippen LogP contribution >= 0.6 is 0 Å². The van der Waals surface area contributed by atoms with E-state index < -0.39 is 0 Å². The Morgan fingerprint density at radius 3 is 2.66 bits per heavy atom. The first-order valence-electron chi connectivity index (χ1n) is 12.7. The summed E-state index contributed by atoms with van der Waals surface area (Å²) in [5, 5.41) is 7.14. The van der Waals surface area contributed by atoms with Crippen LogP contribution in [0.4, 0.5) is 16.3 Å². The Balaban J connectivity index is 1.15. The van der Waals surface area contributed by atoms with Gasteiger partial charge in [0.15, 0.2) is 0 Å². The molecule has 2 aliphatic rings. The van der Waals surface area contributed by atoms with Crippen molar-refractivity contribution in [1.29, 1.82) is 0 Å². The third-order valence-electron chi connectivity index (χ3n) is 7.02. The smallest absolute Gasteiger partial charge is 0.410 e. The van der Waals surface area contributed by atoms with Crippen molar-refractivity contribution in [2.24, 2.45) is 7.05 Å². The normalized spacial score (nSPS) is 19.3. The lowest BCUT2D eigenvalue weighted by atomic mass is 10.1. The molecule has 2 amide bonds. The number of likely N-dealkylation sites (tertiary alicyclic amines) is 1. The van der Waals surface area contributed by atoms with Gasteiger partial charge in [0.05, 0.1) is 18.3 Å². The number of nitrogens with one attached hydrogen (secondary N) is 1. The molecule has 0 saturated carbocycles. The van der Waals surface area contributed by atoms with Crippen molar-refractivity contribution in [3.8, 4) is 11.1 Å². The van der Waals surface area contributed by atoms with Gasteiger partial charge in [-0.25, -0.2) is 9.78 Å². The Hall–Kier alpha value is -4.41. The minimum Gasteiger partial charge on any atom is -0.444 e. The van der Waals surface area contributed by atoms with E-state index in [1.807, 2.05) is 25.4 Å². The molecule has 5 rings (SSSR count). The molecule has 0 bridgehead atoms. The molecule has 198 valence electrons. The molecule has 2 saturated heterocycles. The maximum Gasteiger partial charge on any atom is 0.410 e. The number of nitrogen functional groups attached to an aromatic ring is 1. The highest BCUT2D eigenvalue weighted by molar-refractivity contribution is 5.99. The maximum atomic E-state index is 13.0. The molecule has 0 radical (unpaired) electrons. The fraction of sp³-hybridized carbons (Fsp3) is 0.370. The van der Waals surface area contributed by atoms with Crippen LogP contribution in [0.15, 0.2) is 48.9 Å². The number of nitrogens with two attached hydrogens (primary N) is 1. The minimum absolute atomic E-state index is 0.145. The van der Waals surface area contributed by atoms with Crippen molar-refractivity contribution in [3.05, 3.63) is 60.0 Å². The summed E-state index contributed by atoms with van der Waals surface area (Å²) in [5.74, 6) is -0.184. The van der Waals surface area contributed by atoms with E-state index in [1.54, 1.807) is 40.2 Å². The van der Waals surface area contributed by atoms with E-state index in [-0.39, 0.29) is 35.5 Å². The van der Waals surface area contributed by atoms with Crippen LogP contribution in [0.25, 0.3) is 11.1 Å². The van der Waals surface area contributed by atoms with Crippen molar-refractivity contribution in [3.63, 3.8) is 0 Å².